The van der Waals surface area contributed by atoms with Crippen molar-refractivity contribution in [2.75, 3.05) is 0 Å². The van der Waals surface area contributed by atoms with Gasteiger partial charge >= 0.3 is 5.97 Å². The number of aromatic nitrogens is 1. The second kappa shape index (κ2) is 10.4. The minimum Gasteiger partial charge on any atom is -0.508 e. The number of benzene rings is 3. The maximum atomic E-state index is 13.2. The van der Waals surface area contributed by atoms with Crippen molar-refractivity contribution < 1.29 is 24.6 Å². The maximum absolute atomic E-state index is 13.2. The molecule has 35 heavy (non-hydrogen) atoms. The van der Waals surface area contributed by atoms with E-state index in [0.717, 1.165) is 22.5 Å². The minimum atomic E-state index is -1.21. The van der Waals surface area contributed by atoms with Gasteiger partial charge in [-0.25, -0.2) is 9.78 Å². The zero-order valence-corrected chi connectivity index (χ0v) is 19.6. The highest BCUT2D eigenvalue weighted by Crippen LogP contribution is 2.36. The summed E-state index contributed by atoms with van der Waals surface area (Å²) in [7, 11) is 0. The predicted molar refractivity (Wildman–Crippen MR) is 134 cm³/mol. The first kappa shape index (κ1) is 23.9. The number of carboxylic acid groups (broad SMARTS) is 1. The Hall–Kier alpha value is -4.21. The minimum absolute atomic E-state index is 0.0418. The number of hydrogen-bond donors (Lipinski definition) is 4. The van der Waals surface area contributed by atoms with E-state index in [9.17, 15) is 19.5 Å². The maximum Gasteiger partial charge on any atom is 0.329 e. The highest BCUT2D eigenvalue weighted by Gasteiger charge is 2.22. The monoisotopic (exact) mass is 507 g/mol. The van der Waals surface area contributed by atoms with E-state index in [0.29, 0.717) is 16.7 Å². The lowest BCUT2D eigenvalue weighted by atomic mass is 9.95. The van der Waals surface area contributed by atoms with E-state index < -0.39 is 17.8 Å². The molecule has 4 aromatic rings. The SMILES string of the molecule is O=C(O)C=CNC(=O)c1ccc(C(=O)NCc2cccc(O)c2)c(-c2ccc3ncsc3c2)c1Cl. The smallest absolute Gasteiger partial charge is 0.329 e. The van der Waals surface area contributed by atoms with E-state index in [1.807, 2.05) is 6.07 Å². The van der Waals surface area contributed by atoms with Crippen LogP contribution in [0.4, 0.5) is 0 Å². The van der Waals surface area contributed by atoms with E-state index in [2.05, 4.69) is 15.6 Å². The molecule has 0 unspecified atom stereocenters. The van der Waals surface area contributed by atoms with E-state index >= 15 is 0 Å². The number of nitrogens with one attached hydrogen (secondary N) is 2. The summed E-state index contributed by atoms with van der Waals surface area (Å²) in [6.45, 7) is 0.167. The topological polar surface area (TPSA) is 129 Å². The van der Waals surface area contributed by atoms with Crippen molar-refractivity contribution in [1.29, 1.82) is 0 Å². The third-order valence-electron chi connectivity index (χ3n) is 5.06. The van der Waals surface area contributed by atoms with E-state index in [4.69, 9.17) is 16.7 Å². The Kier molecular flexibility index (Phi) is 7.09. The van der Waals surface area contributed by atoms with Crippen molar-refractivity contribution in [3.63, 3.8) is 0 Å². The lowest BCUT2D eigenvalue weighted by molar-refractivity contribution is -0.131. The molecule has 2 amide bonds. The van der Waals surface area contributed by atoms with Gasteiger partial charge in [0.2, 0.25) is 0 Å². The van der Waals surface area contributed by atoms with Crippen molar-refractivity contribution >= 4 is 50.9 Å². The first-order valence-electron chi connectivity index (χ1n) is 10.3. The Balaban J connectivity index is 1.73. The number of rotatable bonds is 7. The average molecular weight is 508 g/mol. The van der Waals surface area contributed by atoms with Crippen LogP contribution in [0.3, 0.4) is 0 Å². The first-order chi connectivity index (χ1) is 16.8. The second-order valence-electron chi connectivity index (χ2n) is 7.38. The van der Waals surface area contributed by atoms with Crippen molar-refractivity contribution in [2.24, 2.45) is 0 Å². The summed E-state index contributed by atoms with van der Waals surface area (Å²) in [5.41, 5.74) is 4.49. The number of hydrogen-bond acceptors (Lipinski definition) is 6. The highest BCUT2D eigenvalue weighted by atomic mass is 35.5. The lowest BCUT2D eigenvalue weighted by Crippen LogP contribution is -2.24. The van der Waals surface area contributed by atoms with Gasteiger partial charge in [-0.05, 0) is 47.5 Å². The van der Waals surface area contributed by atoms with Gasteiger partial charge in [0.05, 0.1) is 26.3 Å². The molecule has 0 aliphatic rings. The standard InChI is InChI=1S/C25H18ClN3O5S/c26-23-18(25(34)27-9-8-21(31)32)6-5-17(24(33)28-12-14-2-1-3-16(30)10-14)22(23)15-4-7-19-20(11-15)35-13-29-19/h1-11,13,30H,12H2,(H,27,34)(H,28,33)(H,31,32). The Morgan fingerprint density at radius 3 is 2.60 bits per heavy atom. The van der Waals surface area contributed by atoms with E-state index in [1.54, 1.807) is 35.8 Å². The molecule has 0 spiro atoms. The van der Waals surface area contributed by atoms with E-state index in [-0.39, 0.29) is 28.4 Å². The number of phenolic OH excluding ortho intramolecular Hbond substituents is 1. The molecule has 0 atom stereocenters. The molecule has 176 valence electrons. The number of fused-ring (bicyclic) bond motifs is 1. The van der Waals surface area contributed by atoms with Gasteiger partial charge in [-0.2, -0.15) is 0 Å². The molecule has 0 saturated carbocycles. The Morgan fingerprint density at radius 2 is 1.83 bits per heavy atom. The van der Waals surface area contributed by atoms with Crippen LogP contribution in [0.5, 0.6) is 5.75 Å². The fourth-order valence-electron chi connectivity index (χ4n) is 3.44. The second-order valence-corrected chi connectivity index (χ2v) is 8.65. The number of phenols is 1. The summed E-state index contributed by atoms with van der Waals surface area (Å²) >= 11 is 8.09. The number of amides is 2. The molecule has 0 fully saturated rings. The molecule has 1 heterocycles. The molecule has 4 N–H and O–H groups in total. The zero-order valence-electron chi connectivity index (χ0n) is 18.0. The lowest BCUT2D eigenvalue weighted by Gasteiger charge is -2.15. The molecule has 0 aliphatic carbocycles. The van der Waals surface area contributed by atoms with E-state index in [1.165, 1.54) is 29.5 Å². The third kappa shape index (κ3) is 5.48. The van der Waals surface area contributed by atoms with Crippen LogP contribution in [0.1, 0.15) is 26.3 Å². The number of nitrogens with zero attached hydrogens (tertiary/aromatic N) is 1. The van der Waals surface area contributed by atoms with Crippen LogP contribution >= 0.6 is 22.9 Å². The van der Waals surface area contributed by atoms with Crippen LogP contribution < -0.4 is 10.6 Å². The summed E-state index contributed by atoms with van der Waals surface area (Å²) in [5, 5.41) is 23.6. The molecular weight excluding hydrogens is 490 g/mol. The summed E-state index contributed by atoms with van der Waals surface area (Å²) in [6.07, 6.45) is 1.79. The van der Waals surface area contributed by atoms with Gasteiger partial charge in [0.25, 0.3) is 11.8 Å². The fourth-order valence-corrected chi connectivity index (χ4v) is 4.52. The third-order valence-corrected chi connectivity index (χ3v) is 6.24. The Morgan fingerprint density at radius 1 is 1.03 bits per heavy atom. The van der Waals surface area contributed by atoms with Gasteiger partial charge in [-0.15, -0.1) is 11.3 Å². The van der Waals surface area contributed by atoms with Gasteiger partial charge in [-0.3, -0.25) is 9.59 Å². The fraction of sp³-hybridized carbons (Fsp3) is 0.0400. The molecule has 0 saturated heterocycles. The van der Waals surface area contributed by atoms with Gasteiger partial charge in [-0.1, -0.05) is 29.8 Å². The number of carboxylic acids is 1. The Labute approximate surface area is 208 Å². The van der Waals surface area contributed by atoms with Crippen LogP contribution in [-0.2, 0) is 11.3 Å². The summed E-state index contributed by atoms with van der Waals surface area (Å²) < 4.78 is 0.879. The van der Waals surface area contributed by atoms with Crippen LogP contribution in [0.25, 0.3) is 21.3 Å². The largest absolute Gasteiger partial charge is 0.508 e. The van der Waals surface area contributed by atoms with Crippen molar-refractivity contribution in [3.05, 3.63) is 94.1 Å². The molecule has 0 bridgehead atoms. The van der Waals surface area contributed by atoms with Gasteiger partial charge in [0.15, 0.2) is 0 Å². The van der Waals surface area contributed by atoms with Gasteiger partial charge < -0.3 is 20.8 Å². The van der Waals surface area contributed by atoms with Gasteiger partial charge in [0.1, 0.15) is 5.75 Å². The molecule has 4 rings (SSSR count). The number of thiazole rings is 1. The normalized spacial score (nSPS) is 11.0. The molecular formula is C25H18ClN3O5S. The number of carbonyl (C=O) groups is 3. The number of aromatic hydroxyl groups is 1. The number of carbonyl (C=O) groups excluding carboxylic acids is 2. The Bertz CT molecular complexity index is 1480. The molecule has 0 aliphatic heterocycles. The molecule has 3 aromatic carbocycles. The van der Waals surface area contributed by atoms with Crippen LogP contribution in [0, 0.1) is 0 Å². The summed E-state index contributed by atoms with van der Waals surface area (Å²) in [4.78, 5) is 40.8. The number of aliphatic carboxylic acids is 1. The first-order valence-corrected chi connectivity index (χ1v) is 11.5. The molecule has 1 aromatic heterocycles. The summed E-state index contributed by atoms with van der Waals surface area (Å²) in [5.74, 6) is -2.17. The van der Waals surface area contributed by atoms with Crippen LogP contribution in [0.15, 0.2) is 72.4 Å². The van der Waals surface area contributed by atoms with Crippen molar-refractivity contribution in [3.8, 4) is 16.9 Å². The van der Waals surface area contributed by atoms with Crippen molar-refractivity contribution in [1.82, 2.24) is 15.6 Å². The average Bonchev–Trinajstić information content (AvgIpc) is 3.30. The molecule has 0 radical (unpaired) electrons. The van der Waals surface area contributed by atoms with Crippen LogP contribution in [0.2, 0.25) is 5.02 Å². The quantitative estimate of drug-likeness (QED) is 0.271. The zero-order chi connectivity index (χ0) is 24.9. The highest BCUT2D eigenvalue weighted by molar-refractivity contribution is 7.16. The molecule has 8 nitrogen and oxygen atoms in total. The van der Waals surface area contributed by atoms with Crippen molar-refractivity contribution in [2.45, 2.75) is 6.54 Å². The predicted octanol–water partition coefficient (Wildman–Crippen LogP) is 4.58. The molecule has 10 heteroatoms. The number of halogens is 1. The summed E-state index contributed by atoms with van der Waals surface area (Å²) in [6, 6.07) is 14.8. The van der Waals surface area contributed by atoms with Crippen LogP contribution in [-0.4, -0.2) is 33.0 Å². The van der Waals surface area contributed by atoms with Gasteiger partial charge in [0, 0.05) is 29.9 Å².